The van der Waals surface area contributed by atoms with Gasteiger partial charge in [-0.2, -0.15) is 0 Å². The topological polar surface area (TPSA) is 76.3 Å². The van der Waals surface area contributed by atoms with Gasteiger partial charge in [0.25, 0.3) is 5.69 Å². The van der Waals surface area contributed by atoms with E-state index in [9.17, 15) is 10.1 Å². The molecule has 0 aliphatic carbocycles. The number of non-ortho nitro benzene ring substituents is 1. The van der Waals surface area contributed by atoms with Gasteiger partial charge < -0.3 is 5.11 Å². The van der Waals surface area contributed by atoms with Crippen molar-refractivity contribution in [1.82, 2.24) is 4.98 Å². The fourth-order valence-electron chi connectivity index (χ4n) is 1.14. The van der Waals surface area contributed by atoms with Crippen LogP contribution >= 0.6 is 11.3 Å². The van der Waals surface area contributed by atoms with Crippen molar-refractivity contribution in [2.24, 2.45) is 0 Å². The molecule has 0 radical (unpaired) electrons. The summed E-state index contributed by atoms with van der Waals surface area (Å²) in [4.78, 5) is 14.1. The molecule has 0 atom stereocenters. The standard InChI is InChI=1S/C8H6N2O3S/c11-4-8-9-6-2-1-5(10(12)13)3-7(6)14-8/h1-3,11H,4H2. The third-order valence-electron chi connectivity index (χ3n) is 1.76. The van der Waals surface area contributed by atoms with E-state index in [1.807, 2.05) is 0 Å². The van der Waals surface area contributed by atoms with Crippen LogP contribution < -0.4 is 0 Å². The van der Waals surface area contributed by atoms with E-state index < -0.39 is 4.92 Å². The van der Waals surface area contributed by atoms with Crippen molar-refractivity contribution < 1.29 is 10.0 Å². The third kappa shape index (κ3) is 1.45. The lowest BCUT2D eigenvalue weighted by Crippen LogP contribution is -1.85. The highest BCUT2D eigenvalue weighted by molar-refractivity contribution is 7.18. The molecule has 1 heterocycles. The van der Waals surface area contributed by atoms with E-state index in [4.69, 9.17) is 5.11 Å². The molecule has 0 unspecified atom stereocenters. The predicted octanol–water partition coefficient (Wildman–Crippen LogP) is 1.70. The molecular weight excluding hydrogens is 204 g/mol. The van der Waals surface area contributed by atoms with Gasteiger partial charge in [0.05, 0.1) is 21.7 Å². The number of hydrogen-bond acceptors (Lipinski definition) is 5. The van der Waals surface area contributed by atoms with E-state index in [0.29, 0.717) is 10.5 Å². The Bertz CT molecular complexity index is 494. The van der Waals surface area contributed by atoms with Crippen LogP contribution in [0, 0.1) is 10.1 Å². The number of rotatable bonds is 2. The smallest absolute Gasteiger partial charge is 0.270 e. The van der Waals surface area contributed by atoms with Gasteiger partial charge in [-0.1, -0.05) is 0 Å². The minimum Gasteiger partial charge on any atom is -0.389 e. The number of nitrogens with zero attached hydrogens (tertiary/aromatic N) is 2. The second-order valence-electron chi connectivity index (χ2n) is 2.67. The van der Waals surface area contributed by atoms with Gasteiger partial charge in [-0.25, -0.2) is 4.98 Å². The van der Waals surface area contributed by atoms with Crippen molar-refractivity contribution in [1.29, 1.82) is 0 Å². The molecule has 1 aromatic heterocycles. The Kier molecular flexibility index (Phi) is 2.14. The minimum absolute atomic E-state index is 0.0469. The quantitative estimate of drug-likeness (QED) is 0.604. The van der Waals surface area contributed by atoms with Crippen LogP contribution in [0.5, 0.6) is 0 Å². The van der Waals surface area contributed by atoms with Crippen LogP contribution in [0.25, 0.3) is 10.2 Å². The molecule has 2 aromatic rings. The summed E-state index contributed by atoms with van der Waals surface area (Å²) in [5.74, 6) is 0. The number of thiazole rings is 1. The second-order valence-corrected chi connectivity index (χ2v) is 3.79. The van der Waals surface area contributed by atoms with Crippen LogP contribution in [-0.4, -0.2) is 15.0 Å². The maximum atomic E-state index is 10.5. The van der Waals surface area contributed by atoms with Crippen molar-refractivity contribution in [2.75, 3.05) is 0 Å². The number of fused-ring (bicyclic) bond motifs is 1. The first-order chi connectivity index (χ1) is 6.70. The molecule has 0 fully saturated rings. The van der Waals surface area contributed by atoms with Crippen molar-refractivity contribution >= 4 is 27.2 Å². The number of aliphatic hydroxyl groups is 1. The molecule has 0 saturated heterocycles. The van der Waals surface area contributed by atoms with Crippen LogP contribution in [0.15, 0.2) is 18.2 Å². The zero-order valence-electron chi connectivity index (χ0n) is 7.01. The highest BCUT2D eigenvalue weighted by Crippen LogP contribution is 2.25. The Morgan fingerprint density at radius 3 is 3.00 bits per heavy atom. The molecule has 14 heavy (non-hydrogen) atoms. The summed E-state index contributed by atoms with van der Waals surface area (Å²) in [6.45, 7) is -0.132. The van der Waals surface area contributed by atoms with Crippen LogP contribution in [0.1, 0.15) is 5.01 Å². The number of aromatic nitrogens is 1. The first-order valence-corrected chi connectivity index (χ1v) is 4.67. The molecule has 1 aromatic carbocycles. The van der Waals surface area contributed by atoms with Gasteiger partial charge in [0.1, 0.15) is 5.01 Å². The summed E-state index contributed by atoms with van der Waals surface area (Å²) in [6.07, 6.45) is 0. The lowest BCUT2D eigenvalue weighted by molar-refractivity contribution is -0.384. The number of hydrogen-bond donors (Lipinski definition) is 1. The molecule has 5 nitrogen and oxygen atoms in total. The minimum atomic E-state index is -0.447. The summed E-state index contributed by atoms with van der Waals surface area (Å²) in [7, 11) is 0. The van der Waals surface area contributed by atoms with E-state index >= 15 is 0 Å². The molecule has 0 amide bonds. The van der Waals surface area contributed by atoms with Gasteiger partial charge in [-0.05, 0) is 6.07 Å². The molecule has 1 N–H and O–H groups in total. The fraction of sp³-hybridized carbons (Fsp3) is 0.125. The number of aliphatic hydroxyl groups excluding tert-OH is 1. The molecular formula is C8H6N2O3S. The van der Waals surface area contributed by atoms with Gasteiger partial charge in [0.2, 0.25) is 0 Å². The van der Waals surface area contributed by atoms with Gasteiger partial charge in [-0.3, -0.25) is 10.1 Å². The van der Waals surface area contributed by atoms with Crippen LogP contribution in [0.3, 0.4) is 0 Å². The SMILES string of the molecule is O=[N+]([O-])c1ccc2nc(CO)sc2c1. The predicted molar refractivity (Wildman–Crippen MR) is 52.2 cm³/mol. The molecule has 72 valence electrons. The molecule has 2 rings (SSSR count). The summed E-state index contributed by atoms with van der Waals surface area (Å²) >= 11 is 1.26. The van der Waals surface area contributed by atoms with Crippen LogP contribution in [-0.2, 0) is 6.61 Å². The van der Waals surface area contributed by atoms with Crippen molar-refractivity contribution in [2.45, 2.75) is 6.61 Å². The summed E-state index contributed by atoms with van der Waals surface area (Å²) < 4.78 is 0.725. The molecule has 0 bridgehead atoms. The highest BCUT2D eigenvalue weighted by atomic mass is 32.1. The maximum absolute atomic E-state index is 10.5. The number of nitro benzene ring substituents is 1. The van der Waals surface area contributed by atoms with E-state index in [0.717, 1.165) is 4.70 Å². The lowest BCUT2D eigenvalue weighted by atomic mass is 10.3. The Balaban J connectivity index is 2.59. The fourth-order valence-corrected chi connectivity index (χ4v) is 2.00. The molecule has 0 aliphatic heterocycles. The van der Waals surface area contributed by atoms with Gasteiger partial charge in [0, 0.05) is 12.1 Å². The highest BCUT2D eigenvalue weighted by Gasteiger charge is 2.09. The lowest BCUT2D eigenvalue weighted by Gasteiger charge is -1.89. The third-order valence-corrected chi connectivity index (χ3v) is 2.77. The Labute approximate surface area is 82.8 Å². The summed E-state index contributed by atoms with van der Waals surface area (Å²) in [5.41, 5.74) is 0.732. The average Bonchev–Trinajstić information content (AvgIpc) is 2.58. The van der Waals surface area contributed by atoms with Crippen molar-refractivity contribution in [3.63, 3.8) is 0 Å². The zero-order valence-corrected chi connectivity index (χ0v) is 7.82. The molecule has 6 heteroatoms. The van der Waals surface area contributed by atoms with Gasteiger partial charge in [0.15, 0.2) is 0 Å². The largest absolute Gasteiger partial charge is 0.389 e. The summed E-state index contributed by atoms with van der Waals surface area (Å²) in [6, 6.07) is 4.46. The Morgan fingerprint density at radius 2 is 2.36 bits per heavy atom. The second kappa shape index (κ2) is 3.32. The first-order valence-electron chi connectivity index (χ1n) is 3.85. The van der Waals surface area contributed by atoms with Crippen LogP contribution in [0.2, 0.25) is 0 Å². The number of nitro groups is 1. The zero-order chi connectivity index (χ0) is 10.1. The molecule has 0 saturated carbocycles. The van der Waals surface area contributed by atoms with E-state index in [-0.39, 0.29) is 12.3 Å². The maximum Gasteiger partial charge on any atom is 0.270 e. The average molecular weight is 210 g/mol. The molecule has 0 aliphatic rings. The monoisotopic (exact) mass is 210 g/mol. The Morgan fingerprint density at radius 1 is 1.57 bits per heavy atom. The van der Waals surface area contributed by atoms with Gasteiger partial charge in [-0.15, -0.1) is 11.3 Å². The Hall–Kier alpha value is -1.53. The summed E-state index contributed by atoms with van der Waals surface area (Å²) in [5, 5.41) is 19.9. The van der Waals surface area contributed by atoms with E-state index in [1.165, 1.54) is 23.5 Å². The van der Waals surface area contributed by atoms with Crippen molar-refractivity contribution in [3.8, 4) is 0 Å². The molecule has 0 spiro atoms. The number of benzene rings is 1. The van der Waals surface area contributed by atoms with E-state index in [1.54, 1.807) is 6.07 Å². The van der Waals surface area contributed by atoms with E-state index in [2.05, 4.69) is 4.98 Å². The van der Waals surface area contributed by atoms with Crippen molar-refractivity contribution in [3.05, 3.63) is 33.3 Å². The normalized spacial score (nSPS) is 10.6. The first kappa shape index (κ1) is 9.04. The van der Waals surface area contributed by atoms with Crippen LogP contribution in [0.4, 0.5) is 5.69 Å². The van der Waals surface area contributed by atoms with Gasteiger partial charge >= 0.3 is 0 Å².